The molecule has 0 saturated heterocycles. The van der Waals surface area contributed by atoms with Gasteiger partial charge in [-0.3, -0.25) is 4.98 Å². The van der Waals surface area contributed by atoms with Crippen molar-refractivity contribution < 1.29 is 0 Å². The molecule has 1 N–H and O–H groups in total. The Morgan fingerprint density at radius 2 is 1.89 bits per heavy atom. The van der Waals surface area contributed by atoms with Crippen molar-refractivity contribution >= 4 is 47.8 Å². The molecule has 1 heterocycles. The largest absolute Gasteiger partial charge is 0.304 e. The maximum atomic E-state index is 4.40. The number of aromatic nitrogens is 1. The predicted molar refractivity (Wildman–Crippen MR) is 89.0 cm³/mol. The fourth-order valence-corrected chi connectivity index (χ4v) is 3.51. The summed E-state index contributed by atoms with van der Waals surface area (Å²) in [5.74, 6) is 0. The molecule has 5 heteroatoms. The van der Waals surface area contributed by atoms with Gasteiger partial charge in [0.15, 0.2) is 0 Å². The normalized spacial score (nSPS) is 12.4. The summed E-state index contributed by atoms with van der Waals surface area (Å²) in [4.78, 5) is 4.40. The highest BCUT2D eigenvalue weighted by Gasteiger charge is 2.09. The van der Waals surface area contributed by atoms with E-state index in [-0.39, 0.29) is 6.04 Å². The van der Waals surface area contributed by atoms with Gasteiger partial charge >= 0.3 is 0 Å². The van der Waals surface area contributed by atoms with E-state index in [0.29, 0.717) is 0 Å². The van der Waals surface area contributed by atoms with Crippen molar-refractivity contribution in [3.05, 3.63) is 61.2 Å². The van der Waals surface area contributed by atoms with Gasteiger partial charge in [-0.15, -0.1) is 0 Å². The van der Waals surface area contributed by atoms with Crippen LogP contribution in [0.1, 0.15) is 24.2 Å². The van der Waals surface area contributed by atoms with E-state index in [1.54, 1.807) is 0 Å². The molecule has 100 valence electrons. The zero-order chi connectivity index (χ0) is 13.8. The summed E-state index contributed by atoms with van der Waals surface area (Å²) >= 11 is 10.5. The van der Waals surface area contributed by atoms with E-state index in [1.165, 1.54) is 5.56 Å². The Morgan fingerprint density at radius 1 is 1.16 bits per heavy atom. The summed E-state index contributed by atoms with van der Waals surface area (Å²) < 4.78 is 3.11. The number of benzene rings is 1. The second-order valence-corrected chi connectivity index (χ2v) is 6.83. The second kappa shape index (κ2) is 6.97. The fraction of sp³-hybridized carbons (Fsp3) is 0.214. The van der Waals surface area contributed by atoms with Crippen LogP contribution >= 0.6 is 47.8 Å². The minimum atomic E-state index is 0.257. The van der Waals surface area contributed by atoms with Crippen LogP contribution in [0, 0.1) is 0 Å². The number of halogens is 3. The van der Waals surface area contributed by atoms with Crippen LogP contribution in [0.15, 0.2) is 49.9 Å². The zero-order valence-corrected chi connectivity index (χ0v) is 15.1. The summed E-state index contributed by atoms with van der Waals surface area (Å²) in [7, 11) is 0. The van der Waals surface area contributed by atoms with Gasteiger partial charge in [-0.1, -0.05) is 34.1 Å². The number of pyridine rings is 1. The van der Waals surface area contributed by atoms with Crippen LogP contribution in [0.4, 0.5) is 0 Å². The quantitative estimate of drug-likeness (QED) is 0.693. The van der Waals surface area contributed by atoms with Gasteiger partial charge in [0, 0.05) is 32.2 Å². The fourth-order valence-electron chi connectivity index (χ4n) is 1.76. The number of nitrogens with one attached hydrogen (secondary N) is 1. The van der Waals surface area contributed by atoms with Crippen molar-refractivity contribution in [3.8, 4) is 0 Å². The average Bonchev–Trinajstić information content (AvgIpc) is 2.38. The molecule has 0 fully saturated rings. The van der Waals surface area contributed by atoms with Crippen molar-refractivity contribution in [2.75, 3.05) is 0 Å². The van der Waals surface area contributed by atoms with E-state index >= 15 is 0 Å². The molecule has 0 saturated carbocycles. The zero-order valence-electron chi connectivity index (χ0n) is 10.3. The van der Waals surface area contributed by atoms with Crippen LogP contribution in [-0.4, -0.2) is 4.98 Å². The van der Waals surface area contributed by atoms with Crippen molar-refractivity contribution in [1.82, 2.24) is 10.3 Å². The van der Waals surface area contributed by atoms with Crippen molar-refractivity contribution in [2.45, 2.75) is 19.5 Å². The molecule has 0 amide bonds. The van der Waals surface area contributed by atoms with Crippen LogP contribution in [0.3, 0.4) is 0 Å². The Kier molecular flexibility index (Phi) is 5.57. The molecule has 0 spiro atoms. The van der Waals surface area contributed by atoms with Gasteiger partial charge in [0.1, 0.15) is 0 Å². The third kappa shape index (κ3) is 4.12. The van der Waals surface area contributed by atoms with Gasteiger partial charge in [-0.2, -0.15) is 0 Å². The van der Waals surface area contributed by atoms with Gasteiger partial charge < -0.3 is 5.32 Å². The van der Waals surface area contributed by atoms with E-state index in [4.69, 9.17) is 0 Å². The molecular weight excluding hydrogens is 436 g/mol. The highest BCUT2D eigenvalue weighted by Crippen LogP contribution is 2.24. The lowest BCUT2D eigenvalue weighted by molar-refractivity contribution is 0.564. The molecule has 2 rings (SSSR count). The first kappa shape index (κ1) is 15.2. The molecule has 0 aliphatic rings. The average molecular weight is 449 g/mol. The SMILES string of the molecule is C[C@H](NCc1ncc(Br)cc1Br)c1ccccc1Br. The number of hydrogen-bond donors (Lipinski definition) is 1. The topological polar surface area (TPSA) is 24.9 Å². The molecule has 19 heavy (non-hydrogen) atoms. The molecule has 1 atom stereocenters. The minimum absolute atomic E-state index is 0.257. The summed E-state index contributed by atoms with van der Waals surface area (Å²) in [6.45, 7) is 2.86. The monoisotopic (exact) mass is 446 g/mol. The molecule has 2 aromatic rings. The van der Waals surface area contributed by atoms with Crippen molar-refractivity contribution in [1.29, 1.82) is 0 Å². The maximum absolute atomic E-state index is 4.40. The molecule has 0 aliphatic carbocycles. The van der Waals surface area contributed by atoms with Gasteiger partial charge in [0.05, 0.1) is 5.69 Å². The van der Waals surface area contributed by atoms with Gasteiger partial charge in [-0.05, 0) is 56.5 Å². The van der Waals surface area contributed by atoms with E-state index in [0.717, 1.165) is 25.7 Å². The molecule has 0 unspecified atom stereocenters. The summed E-state index contributed by atoms with van der Waals surface area (Å²) in [5.41, 5.74) is 2.25. The molecule has 0 aliphatic heterocycles. The Balaban J connectivity index is 2.04. The van der Waals surface area contributed by atoms with Gasteiger partial charge in [0.2, 0.25) is 0 Å². The van der Waals surface area contributed by atoms with Crippen molar-refractivity contribution in [3.63, 3.8) is 0 Å². The van der Waals surface area contributed by atoms with Crippen LogP contribution < -0.4 is 5.32 Å². The molecular formula is C14H13Br3N2. The van der Waals surface area contributed by atoms with Crippen LogP contribution in [-0.2, 0) is 6.54 Å². The van der Waals surface area contributed by atoms with Crippen LogP contribution in [0.25, 0.3) is 0 Å². The predicted octanol–water partition coefficient (Wildman–Crippen LogP) is 5.22. The minimum Gasteiger partial charge on any atom is -0.304 e. The highest BCUT2D eigenvalue weighted by molar-refractivity contribution is 9.11. The first-order chi connectivity index (χ1) is 9.08. The van der Waals surface area contributed by atoms with Crippen molar-refractivity contribution in [2.24, 2.45) is 0 Å². The molecule has 0 radical (unpaired) electrons. The lowest BCUT2D eigenvalue weighted by Gasteiger charge is -2.16. The molecule has 0 bridgehead atoms. The van der Waals surface area contributed by atoms with Crippen LogP contribution in [0.5, 0.6) is 0 Å². The van der Waals surface area contributed by atoms with Crippen LogP contribution in [0.2, 0.25) is 0 Å². The Labute approximate surface area is 138 Å². The van der Waals surface area contributed by atoms with E-state index in [9.17, 15) is 0 Å². The standard InChI is InChI=1S/C14H13Br3N2/c1-9(11-4-2-3-5-12(11)16)18-8-14-13(17)6-10(15)7-19-14/h2-7,9,18H,8H2,1H3/t9-/m0/s1. The number of hydrogen-bond acceptors (Lipinski definition) is 2. The smallest absolute Gasteiger partial charge is 0.0684 e. The lowest BCUT2D eigenvalue weighted by atomic mass is 10.1. The lowest BCUT2D eigenvalue weighted by Crippen LogP contribution is -2.19. The van der Waals surface area contributed by atoms with Gasteiger partial charge in [0.25, 0.3) is 0 Å². The summed E-state index contributed by atoms with van der Waals surface area (Å²) in [5, 5.41) is 3.48. The Morgan fingerprint density at radius 3 is 2.58 bits per heavy atom. The van der Waals surface area contributed by atoms with Gasteiger partial charge in [-0.25, -0.2) is 0 Å². The highest BCUT2D eigenvalue weighted by atomic mass is 79.9. The third-order valence-corrected chi connectivity index (χ3v) is 4.67. The number of nitrogens with zero attached hydrogens (tertiary/aromatic N) is 1. The van der Waals surface area contributed by atoms with E-state index in [1.807, 2.05) is 24.4 Å². The Hall–Kier alpha value is -0.230. The third-order valence-electron chi connectivity index (χ3n) is 2.83. The van der Waals surface area contributed by atoms with E-state index < -0.39 is 0 Å². The molecule has 1 aromatic carbocycles. The first-order valence-electron chi connectivity index (χ1n) is 5.85. The molecule has 2 nitrogen and oxygen atoms in total. The Bertz CT molecular complexity index is 572. The number of rotatable bonds is 4. The summed E-state index contributed by atoms with van der Waals surface area (Å²) in [6, 6.07) is 10.5. The van der Waals surface area contributed by atoms with E-state index in [2.05, 4.69) is 77.1 Å². The second-order valence-electron chi connectivity index (χ2n) is 4.21. The maximum Gasteiger partial charge on any atom is 0.0684 e. The molecule has 1 aromatic heterocycles. The summed E-state index contributed by atoms with van der Waals surface area (Å²) in [6.07, 6.45) is 1.81. The first-order valence-corrected chi connectivity index (χ1v) is 8.23.